The van der Waals surface area contributed by atoms with Gasteiger partial charge in [-0.2, -0.15) is 5.10 Å². The molecule has 0 bridgehead atoms. The molecule has 0 radical (unpaired) electrons. The standard InChI is InChI=1S/C21H22N6O3/c28-21(18-7-8-19(20(13-18)27(29)30)26-16-22-15-23-26)25-10-4-9-24(11-12-25)14-17-5-2-1-3-6-17/h1-3,5-8,13,15-16H,4,9-12,14H2. The van der Waals surface area contributed by atoms with Crippen LogP contribution in [0.1, 0.15) is 22.3 Å². The van der Waals surface area contributed by atoms with Gasteiger partial charge in [0, 0.05) is 44.4 Å². The van der Waals surface area contributed by atoms with Crippen molar-refractivity contribution in [1.82, 2.24) is 24.6 Å². The highest BCUT2D eigenvalue weighted by molar-refractivity contribution is 5.95. The number of nitro benzene ring substituents is 1. The molecule has 0 N–H and O–H groups in total. The molecule has 4 rings (SSSR count). The molecule has 0 saturated carbocycles. The fourth-order valence-electron chi connectivity index (χ4n) is 3.69. The summed E-state index contributed by atoms with van der Waals surface area (Å²) in [5.74, 6) is -0.190. The third-order valence-corrected chi connectivity index (χ3v) is 5.21. The van der Waals surface area contributed by atoms with Crippen LogP contribution in [0.15, 0.2) is 61.2 Å². The summed E-state index contributed by atoms with van der Waals surface area (Å²) in [6.45, 7) is 3.73. The molecule has 3 aromatic rings. The molecule has 0 aliphatic carbocycles. The van der Waals surface area contributed by atoms with E-state index in [1.807, 2.05) is 18.2 Å². The van der Waals surface area contributed by atoms with E-state index in [4.69, 9.17) is 0 Å². The van der Waals surface area contributed by atoms with Crippen LogP contribution in [-0.2, 0) is 6.54 Å². The highest BCUT2D eigenvalue weighted by Crippen LogP contribution is 2.24. The van der Waals surface area contributed by atoms with E-state index in [2.05, 4.69) is 27.1 Å². The number of carbonyl (C=O) groups excluding carboxylic acids is 1. The molecule has 9 heteroatoms. The lowest BCUT2D eigenvalue weighted by atomic mass is 10.1. The number of nitro groups is 1. The van der Waals surface area contributed by atoms with Gasteiger partial charge in [0.05, 0.1) is 4.92 Å². The minimum absolute atomic E-state index is 0.174. The molecule has 1 amide bonds. The summed E-state index contributed by atoms with van der Waals surface area (Å²) in [7, 11) is 0. The van der Waals surface area contributed by atoms with E-state index in [-0.39, 0.29) is 17.3 Å². The Morgan fingerprint density at radius 1 is 1.07 bits per heavy atom. The third-order valence-electron chi connectivity index (χ3n) is 5.21. The molecule has 0 spiro atoms. The largest absolute Gasteiger partial charge is 0.337 e. The van der Waals surface area contributed by atoms with Gasteiger partial charge in [-0.25, -0.2) is 9.67 Å². The molecule has 2 heterocycles. The molecule has 1 aliphatic rings. The Labute approximate surface area is 173 Å². The quantitative estimate of drug-likeness (QED) is 0.477. The Morgan fingerprint density at radius 3 is 2.63 bits per heavy atom. The summed E-state index contributed by atoms with van der Waals surface area (Å²) < 4.78 is 1.32. The zero-order chi connectivity index (χ0) is 20.9. The van der Waals surface area contributed by atoms with Gasteiger partial charge in [-0.15, -0.1) is 0 Å². The molecule has 1 aliphatic heterocycles. The number of benzene rings is 2. The molecule has 2 aromatic carbocycles. The van der Waals surface area contributed by atoms with Gasteiger partial charge in [0.15, 0.2) is 0 Å². The molecule has 0 atom stereocenters. The van der Waals surface area contributed by atoms with Gasteiger partial charge in [-0.1, -0.05) is 30.3 Å². The lowest BCUT2D eigenvalue weighted by Gasteiger charge is -2.22. The van der Waals surface area contributed by atoms with Crippen molar-refractivity contribution in [3.8, 4) is 5.69 Å². The lowest BCUT2D eigenvalue weighted by Crippen LogP contribution is -2.35. The number of rotatable bonds is 5. The van der Waals surface area contributed by atoms with Crippen LogP contribution < -0.4 is 0 Å². The molecule has 1 aromatic heterocycles. The van der Waals surface area contributed by atoms with E-state index < -0.39 is 4.92 Å². The van der Waals surface area contributed by atoms with Crippen LogP contribution >= 0.6 is 0 Å². The topological polar surface area (TPSA) is 97.4 Å². The Kier molecular flexibility index (Phi) is 5.80. The van der Waals surface area contributed by atoms with E-state index in [0.717, 1.165) is 26.1 Å². The van der Waals surface area contributed by atoms with Crippen molar-refractivity contribution in [2.75, 3.05) is 26.2 Å². The van der Waals surface area contributed by atoms with Crippen molar-refractivity contribution in [3.63, 3.8) is 0 Å². The molecule has 30 heavy (non-hydrogen) atoms. The number of hydrogen-bond acceptors (Lipinski definition) is 6. The summed E-state index contributed by atoms with van der Waals surface area (Å²) in [5.41, 5.74) is 1.66. The minimum Gasteiger partial charge on any atom is -0.337 e. The smallest absolute Gasteiger partial charge is 0.295 e. The lowest BCUT2D eigenvalue weighted by molar-refractivity contribution is -0.384. The summed E-state index contributed by atoms with van der Waals surface area (Å²) in [6, 6.07) is 14.7. The number of aromatic nitrogens is 3. The van der Waals surface area contributed by atoms with Gasteiger partial charge in [-0.3, -0.25) is 19.8 Å². The summed E-state index contributed by atoms with van der Waals surface area (Å²) in [5, 5.41) is 15.5. The first-order valence-corrected chi connectivity index (χ1v) is 9.81. The molecular weight excluding hydrogens is 384 g/mol. The monoisotopic (exact) mass is 406 g/mol. The number of carbonyl (C=O) groups is 1. The molecule has 154 valence electrons. The van der Waals surface area contributed by atoms with E-state index >= 15 is 0 Å². The Hall–Kier alpha value is -3.59. The van der Waals surface area contributed by atoms with Crippen molar-refractivity contribution in [2.24, 2.45) is 0 Å². The first kappa shape index (κ1) is 19.7. The van der Waals surface area contributed by atoms with Gasteiger partial charge in [0.25, 0.3) is 11.6 Å². The van der Waals surface area contributed by atoms with Crippen LogP contribution in [0.3, 0.4) is 0 Å². The number of hydrogen-bond donors (Lipinski definition) is 0. The van der Waals surface area contributed by atoms with Crippen molar-refractivity contribution in [2.45, 2.75) is 13.0 Å². The Balaban J connectivity index is 1.47. The first-order valence-electron chi connectivity index (χ1n) is 9.81. The van der Waals surface area contributed by atoms with E-state index in [0.29, 0.717) is 18.7 Å². The third kappa shape index (κ3) is 4.36. The van der Waals surface area contributed by atoms with Gasteiger partial charge < -0.3 is 4.90 Å². The maximum atomic E-state index is 13.0. The summed E-state index contributed by atoms with van der Waals surface area (Å²) in [4.78, 5) is 32.0. The summed E-state index contributed by atoms with van der Waals surface area (Å²) >= 11 is 0. The second-order valence-electron chi connectivity index (χ2n) is 7.21. The Bertz CT molecular complexity index is 1020. The highest BCUT2D eigenvalue weighted by atomic mass is 16.6. The predicted molar refractivity (Wildman–Crippen MR) is 110 cm³/mol. The molecule has 0 unspecified atom stereocenters. The van der Waals surface area contributed by atoms with Crippen LogP contribution in [0.25, 0.3) is 5.69 Å². The van der Waals surface area contributed by atoms with Crippen LogP contribution in [0.5, 0.6) is 0 Å². The second kappa shape index (κ2) is 8.83. The predicted octanol–water partition coefficient (Wildman–Crippen LogP) is 2.52. The minimum atomic E-state index is -0.502. The van der Waals surface area contributed by atoms with Crippen molar-refractivity contribution < 1.29 is 9.72 Å². The normalized spacial score (nSPS) is 15.0. The van der Waals surface area contributed by atoms with Crippen LogP contribution in [-0.4, -0.2) is 61.6 Å². The number of nitrogens with zero attached hydrogens (tertiary/aromatic N) is 6. The van der Waals surface area contributed by atoms with Crippen molar-refractivity contribution in [1.29, 1.82) is 0 Å². The highest BCUT2D eigenvalue weighted by Gasteiger charge is 2.24. The fourth-order valence-corrected chi connectivity index (χ4v) is 3.69. The maximum absolute atomic E-state index is 13.0. The average Bonchev–Trinajstić information content (AvgIpc) is 3.20. The average molecular weight is 406 g/mol. The van der Waals surface area contributed by atoms with Crippen molar-refractivity contribution >= 4 is 11.6 Å². The summed E-state index contributed by atoms with van der Waals surface area (Å²) in [6.07, 6.45) is 3.55. The van der Waals surface area contributed by atoms with Gasteiger partial charge in [-0.05, 0) is 24.1 Å². The van der Waals surface area contributed by atoms with E-state index in [1.165, 1.54) is 29.0 Å². The first-order chi connectivity index (χ1) is 14.6. The van der Waals surface area contributed by atoms with Gasteiger partial charge in [0.2, 0.25) is 0 Å². The maximum Gasteiger partial charge on any atom is 0.295 e. The SMILES string of the molecule is O=C(c1ccc(-n2cncn2)c([N+](=O)[O-])c1)N1CCCN(Cc2ccccc2)CC1. The zero-order valence-electron chi connectivity index (χ0n) is 16.4. The van der Waals surface area contributed by atoms with E-state index in [1.54, 1.807) is 17.0 Å². The number of amides is 1. The Morgan fingerprint density at radius 2 is 1.90 bits per heavy atom. The van der Waals surface area contributed by atoms with E-state index in [9.17, 15) is 14.9 Å². The van der Waals surface area contributed by atoms with Crippen LogP contribution in [0, 0.1) is 10.1 Å². The van der Waals surface area contributed by atoms with Crippen LogP contribution in [0.4, 0.5) is 5.69 Å². The zero-order valence-corrected chi connectivity index (χ0v) is 16.4. The fraction of sp³-hybridized carbons (Fsp3) is 0.286. The van der Waals surface area contributed by atoms with Crippen molar-refractivity contribution in [3.05, 3.63) is 82.4 Å². The van der Waals surface area contributed by atoms with Crippen LogP contribution in [0.2, 0.25) is 0 Å². The van der Waals surface area contributed by atoms with Gasteiger partial charge in [0.1, 0.15) is 18.3 Å². The molecular formula is C21H22N6O3. The molecule has 1 fully saturated rings. The molecule has 9 nitrogen and oxygen atoms in total. The molecule has 1 saturated heterocycles. The second-order valence-corrected chi connectivity index (χ2v) is 7.21. The van der Waals surface area contributed by atoms with Gasteiger partial charge >= 0.3 is 0 Å².